The van der Waals surface area contributed by atoms with Crippen LogP contribution in [0.15, 0.2) is 81.6 Å². The summed E-state index contributed by atoms with van der Waals surface area (Å²) in [6.45, 7) is 3.21. The Labute approximate surface area is 239 Å². The second-order valence-electron chi connectivity index (χ2n) is 9.38. The molecule has 0 radical (unpaired) electrons. The van der Waals surface area contributed by atoms with Gasteiger partial charge >= 0.3 is 0 Å². The zero-order valence-corrected chi connectivity index (χ0v) is 23.3. The van der Waals surface area contributed by atoms with Crippen molar-refractivity contribution in [1.29, 1.82) is 0 Å². The van der Waals surface area contributed by atoms with Gasteiger partial charge in [0.25, 0.3) is 11.1 Å². The highest BCUT2D eigenvalue weighted by molar-refractivity contribution is 7.98. The number of aromatic nitrogens is 4. The summed E-state index contributed by atoms with van der Waals surface area (Å²) in [6.07, 6.45) is 1.55. The third-order valence-corrected chi connectivity index (χ3v) is 8.04. The molecule has 0 bridgehead atoms. The number of hydrogen-bond acceptors (Lipinski definition) is 8. The van der Waals surface area contributed by atoms with Crippen LogP contribution in [-0.4, -0.2) is 52.3 Å². The number of benzene rings is 2. The number of morpholine rings is 1. The van der Waals surface area contributed by atoms with Gasteiger partial charge < -0.3 is 14.4 Å². The van der Waals surface area contributed by atoms with Crippen LogP contribution in [0.5, 0.6) is 5.75 Å². The summed E-state index contributed by atoms with van der Waals surface area (Å²) in [4.78, 5) is 38.3. The van der Waals surface area contributed by atoms with Crippen molar-refractivity contribution in [2.24, 2.45) is 0 Å². The van der Waals surface area contributed by atoms with E-state index in [1.807, 2.05) is 42.5 Å². The number of pyridine rings is 1. The summed E-state index contributed by atoms with van der Waals surface area (Å²) in [5, 5.41) is 1.56. The van der Waals surface area contributed by atoms with Gasteiger partial charge in [0.2, 0.25) is 0 Å². The van der Waals surface area contributed by atoms with Crippen LogP contribution >= 0.6 is 23.4 Å². The summed E-state index contributed by atoms with van der Waals surface area (Å²) >= 11 is 7.41. The van der Waals surface area contributed by atoms with Crippen molar-refractivity contribution >= 4 is 45.6 Å². The summed E-state index contributed by atoms with van der Waals surface area (Å²) in [7, 11) is 1.62. The van der Waals surface area contributed by atoms with Gasteiger partial charge in [0.05, 0.1) is 48.5 Å². The normalized spacial score (nSPS) is 13.7. The molecule has 5 aromatic rings. The van der Waals surface area contributed by atoms with Gasteiger partial charge in [0.1, 0.15) is 11.4 Å². The molecule has 0 spiro atoms. The number of hydrogen-bond donors (Lipinski definition) is 0. The second kappa shape index (κ2) is 11.3. The van der Waals surface area contributed by atoms with Crippen molar-refractivity contribution in [3.8, 4) is 5.75 Å². The van der Waals surface area contributed by atoms with Crippen LogP contribution in [-0.2, 0) is 17.0 Å². The highest BCUT2D eigenvalue weighted by Gasteiger charge is 2.17. The quantitative estimate of drug-likeness (QED) is 0.210. The molecule has 11 heteroatoms. The Morgan fingerprint density at radius 2 is 1.80 bits per heavy atom. The lowest BCUT2D eigenvalue weighted by molar-refractivity contribution is 0.122. The summed E-state index contributed by atoms with van der Waals surface area (Å²) in [5.74, 6) is 1.10. The molecule has 3 aromatic heterocycles. The van der Waals surface area contributed by atoms with Crippen molar-refractivity contribution < 1.29 is 9.47 Å². The standard InChI is InChI=1S/C29H26ClN5O4S/c1-38-23-6-2-19(3-7-23)16-35-28(37)24-15-22(33-10-12-39-13-11-33)5-8-25(24)32-29(35)40-18-21-14-27(36)34-17-20(30)4-9-26(34)31-21/h2-9,14-15,17H,10-13,16,18H2,1H3. The fraction of sp³-hybridized carbons (Fsp3) is 0.241. The van der Waals surface area contributed by atoms with E-state index < -0.39 is 0 Å². The van der Waals surface area contributed by atoms with Crippen LogP contribution < -0.4 is 20.8 Å². The number of methoxy groups -OCH3 is 1. The molecule has 9 nitrogen and oxygen atoms in total. The van der Waals surface area contributed by atoms with Crippen molar-refractivity contribution in [2.45, 2.75) is 17.5 Å². The highest BCUT2D eigenvalue weighted by Crippen LogP contribution is 2.26. The van der Waals surface area contributed by atoms with E-state index >= 15 is 0 Å². The average Bonchev–Trinajstić information content (AvgIpc) is 2.99. The highest BCUT2D eigenvalue weighted by atomic mass is 35.5. The van der Waals surface area contributed by atoms with Gasteiger partial charge in [0.15, 0.2) is 5.16 Å². The molecule has 204 valence electrons. The van der Waals surface area contributed by atoms with E-state index in [2.05, 4.69) is 9.88 Å². The zero-order valence-electron chi connectivity index (χ0n) is 21.7. The predicted octanol–water partition coefficient (Wildman–Crippen LogP) is 4.24. The van der Waals surface area contributed by atoms with Crippen LogP contribution in [0.1, 0.15) is 11.3 Å². The van der Waals surface area contributed by atoms with Crippen LogP contribution in [0.4, 0.5) is 5.69 Å². The molecule has 0 saturated carbocycles. The maximum Gasteiger partial charge on any atom is 0.262 e. The van der Waals surface area contributed by atoms with Gasteiger partial charge in [0, 0.05) is 36.8 Å². The summed E-state index contributed by atoms with van der Waals surface area (Å²) < 4.78 is 13.9. The lowest BCUT2D eigenvalue weighted by atomic mass is 10.2. The lowest BCUT2D eigenvalue weighted by Crippen LogP contribution is -2.36. The Morgan fingerprint density at radius 1 is 1.00 bits per heavy atom. The van der Waals surface area contributed by atoms with Crippen LogP contribution in [0.2, 0.25) is 5.02 Å². The van der Waals surface area contributed by atoms with Crippen molar-refractivity contribution in [1.82, 2.24) is 18.9 Å². The molecule has 0 aliphatic carbocycles. The van der Waals surface area contributed by atoms with E-state index in [0.29, 0.717) is 57.9 Å². The molecule has 0 atom stereocenters. The third kappa shape index (κ3) is 5.42. The van der Waals surface area contributed by atoms with Gasteiger partial charge in [-0.05, 0) is 48.0 Å². The largest absolute Gasteiger partial charge is 0.497 e. The van der Waals surface area contributed by atoms with E-state index in [4.69, 9.17) is 26.1 Å². The van der Waals surface area contributed by atoms with Gasteiger partial charge in [-0.1, -0.05) is 35.5 Å². The van der Waals surface area contributed by atoms with Crippen LogP contribution in [0, 0.1) is 0 Å². The molecule has 4 heterocycles. The van der Waals surface area contributed by atoms with E-state index in [0.717, 1.165) is 30.1 Å². The minimum atomic E-state index is -0.221. The van der Waals surface area contributed by atoms with Crippen LogP contribution in [0.3, 0.4) is 0 Å². The molecule has 1 aliphatic heterocycles. The van der Waals surface area contributed by atoms with E-state index in [1.54, 1.807) is 30.0 Å². The van der Waals surface area contributed by atoms with Gasteiger partial charge in [-0.2, -0.15) is 0 Å². The Kier molecular flexibility index (Phi) is 7.46. The molecule has 1 saturated heterocycles. The topological polar surface area (TPSA) is 91.0 Å². The third-order valence-electron chi connectivity index (χ3n) is 6.80. The first-order valence-electron chi connectivity index (χ1n) is 12.8. The zero-order chi connectivity index (χ0) is 27.6. The van der Waals surface area contributed by atoms with Crippen molar-refractivity contribution in [3.05, 3.63) is 104 Å². The number of ether oxygens (including phenoxy) is 2. The Balaban J connectivity index is 1.38. The fourth-order valence-corrected chi connectivity index (χ4v) is 5.76. The maximum absolute atomic E-state index is 13.9. The van der Waals surface area contributed by atoms with Gasteiger partial charge in [-0.3, -0.25) is 18.6 Å². The second-order valence-corrected chi connectivity index (χ2v) is 10.8. The first-order chi connectivity index (χ1) is 19.5. The first kappa shape index (κ1) is 26.4. The predicted molar refractivity (Wildman–Crippen MR) is 157 cm³/mol. The van der Waals surface area contributed by atoms with E-state index in [9.17, 15) is 9.59 Å². The number of halogens is 1. The number of thioether (sulfide) groups is 1. The van der Waals surface area contributed by atoms with Crippen molar-refractivity contribution in [2.75, 3.05) is 38.3 Å². The molecular formula is C29H26ClN5O4S. The number of anilines is 1. The average molecular weight is 576 g/mol. The van der Waals surface area contributed by atoms with Gasteiger partial charge in [-0.15, -0.1) is 0 Å². The van der Waals surface area contributed by atoms with E-state index in [-0.39, 0.29) is 11.1 Å². The monoisotopic (exact) mass is 575 g/mol. The first-order valence-corrected chi connectivity index (χ1v) is 14.2. The molecule has 0 amide bonds. The minimum Gasteiger partial charge on any atom is -0.497 e. The van der Waals surface area contributed by atoms with Crippen molar-refractivity contribution in [3.63, 3.8) is 0 Å². The van der Waals surface area contributed by atoms with Crippen LogP contribution in [0.25, 0.3) is 16.6 Å². The molecule has 2 aromatic carbocycles. The Hall–Kier alpha value is -3.86. The maximum atomic E-state index is 13.9. The molecule has 0 unspecified atom stereocenters. The number of nitrogens with zero attached hydrogens (tertiary/aromatic N) is 5. The summed E-state index contributed by atoms with van der Waals surface area (Å²) in [5.41, 5.74) is 3.29. The molecule has 40 heavy (non-hydrogen) atoms. The number of rotatable bonds is 7. The molecule has 6 rings (SSSR count). The Bertz CT molecular complexity index is 1820. The van der Waals surface area contributed by atoms with Gasteiger partial charge in [-0.25, -0.2) is 9.97 Å². The molecule has 1 aliphatic rings. The minimum absolute atomic E-state index is 0.125. The number of fused-ring (bicyclic) bond motifs is 2. The smallest absolute Gasteiger partial charge is 0.262 e. The fourth-order valence-electron chi connectivity index (χ4n) is 4.71. The molecule has 0 N–H and O–H groups in total. The Morgan fingerprint density at radius 3 is 2.58 bits per heavy atom. The summed E-state index contributed by atoms with van der Waals surface area (Å²) in [6, 6.07) is 18.3. The molecule has 1 fully saturated rings. The lowest BCUT2D eigenvalue weighted by Gasteiger charge is -2.29. The SMILES string of the molecule is COc1ccc(Cn2c(SCc3cc(=O)n4cc(Cl)ccc4n3)nc3ccc(N4CCOCC4)cc3c2=O)cc1. The molecular weight excluding hydrogens is 550 g/mol. The van der Waals surface area contributed by atoms with E-state index in [1.165, 1.54) is 22.2 Å².